The van der Waals surface area contributed by atoms with E-state index in [1.807, 2.05) is 0 Å². The van der Waals surface area contributed by atoms with Crippen LogP contribution in [0.25, 0.3) is 5.76 Å². The first kappa shape index (κ1) is 16.5. The van der Waals surface area contributed by atoms with Crippen LogP contribution in [0.2, 0.25) is 0 Å². The minimum atomic E-state index is -4.15. The number of hydrogen-bond donors (Lipinski definition) is 2. The number of rotatable bonds is 2. The first-order valence-electron chi connectivity index (χ1n) is 6.91. The van der Waals surface area contributed by atoms with Gasteiger partial charge in [-0.2, -0.15) is 0 Å². The Balaban J connectivity index is 2.07. The molecule has 0 bridgehead atoms. The summed E-state index contributed by atoms with van der Waals surface area (Å²) in [4.78, 5) is 11.8. The highest BCUT2D eigenvalue weighted by atomic mass is 79.9. The molecule has 0 aliphatic carbocycles. The van der Waals surface area contributed by atoms with Crippen LogP contribution in [0.15, 0.2) is 57.9 Å². The molecule has 0 atom stereocenters. The largest absolute Gasteiger partial charge is 0.506 e. The summed E-state index contributed by atoms with van der Waals surface area (Å²) in [5, 5.41) is 12.9. The minimum Gasteiger partial charge on any atom is -0.506 e. The zero-order valence-electron chi connectivity index (χ0n) is 12.5. The van der Waals surface area contributed by atoms with Crippen molar-refractivity contribution in [1.82, 2.24) is 0 Å². The first-order valence-corrected chi connectivity index (χ1v) is 9.14. The Morgan fingerprint density at radius 2 is 1.75 bits per heavy atom. The minimum absolute atomic E-state index is 0.288. The van der Waals surface area contributed by atoms with Crippen LogP contribution in [-0.2, 0) is 14.8 Å². The molecule has 8 heteroatoms. The van der Waals surface area contributed by atoms with Crippen molar-refractivity contribution >= 4 is 49.0 Å². The van der Waals surface area contributed by atoms with Crippen LogP contribution in [0.5, 0.6) is 0 Å². The summed E-state index contributed by atoms with van der Waals surface area (Å²) in [5.74, 6) is -1.45. The molecule has 0 saturated carbocycles. The quantitative estimate of drug-likeness (QED) is 0.798. The highest BCUT2D eigenvalue weighted by molar-refractivity contribution is 9.10. The Bertz CT molecular complexity index is 952. The lowest BCUT2D eigenvalue weighted by atomic mass is 10.1. The van der Waals surface area contributed by atoms with Gasteiger partial charge in [0.1, 0.15) is 0 Å². The van der Waals surface area contributed by atoms with Crippen LogP contribution in [0.3, 0.4) is 0 Å². The number of fused-ring (bicyclic) bond motifs is 1. The maximum Gasteiger partial charge on any atom is 0.273 e. The van der Waals surface area contributed by atoms with E-state index in [-0.39, 0.29) is 5.56 Å². The normalized spacial score (nSPS) is 15.8. The van der Waals surface area contributed by atoms with Gasteiger partial charge in [-0.15, -0.1) is 0 Å². The van der Waals surface area contributed by atoms with Crippen LogP contribution >= 0.6 is 15.9 Å². The number of nitrogens with one attached hydrogen (secondary N) is 1. The van der Waals surface area contributed by atoms with Gasteiger partial charge in [0.2, 0.25) is 0 Å². The summed E-state index contributed by atoms with van der Waals surface area (Å²) in [6.45, 7) is 0. The number of benzene rings is 2. The number of halogens is 1. The zero-order chi connectivity index (χ0) is 17.5. The SMILES string of the molecule is CN1c2ccccc2C(O)=C(C(=O)Nc2ccc(Br)cc2)S1(=O)=O. The monoisotopic (exact) mass is 408 g/mol. The molecule has 1 aliphatic rings. The number of sulfonamides is 1. The molecule has 124 valence electrons. The van der Waals surface area contributed by atoms with Crippen molar-refractivity contribution in [2.24, 2.45) is 0 Å². The third-order valence-corrected chi connectivity index (χ3v) is 5.98. The third-order valence-electron chi connectivity index (χ3n) is 3.64. The molecule has 1 aliphatic heterocycles. The van der Waals surface area contributed by atoms with E-state index < -0.39 is 26.6 Å². The number of para-hydroxylation sites is 1. The predicted octanol–water partition coefficient (Wildman–Crippen LogP) is 3.09. The van der Waals surface area contributed by atoms with Gasteiger partial charge in [0, 0.05) is 22.8 Å². The molecule has 0 aromatic heterocycles. The van der Waals surface area contributed by atoms with E-state index in [9.17, 15) is 18.3 Å². The van der Waals surface area contributed by atoms with Gasteiger partial charge >= 0.3 is 0 Å². The van der Waals surface area contributed by atoms with Crippen LogP contribution in [0, 0.1) is 0 Å². The van der Waals surface area contributed by atoms with Gasteiger partial charge in [-0.25, -0.2) is 8.42 Å². The fourth-order valence-electron chi connectivity index (χ4n) is 2.41. The van der Waals surface area contributed by atoms with Gasteiger partial charge in [-0.3, -0.25) is 9.10 Å². The van der Waals surface area contributed by atoms with Gasteiger partial charge < -0.3 is 10.4 Å². The number of anilines is 2. The average molecular weight is 409 g/mol. The highest BCUT2D eigenvalue weighted by Gasteiger charge is 2.39. The van der Waals surface area contributed by atoms with Crippen molar-refractivity contribution < 1.29 is 18.3 Å². The average Bonchev–Trinajstić information content (AvgIpc) is 2.55. The standard InChI is InChI=1S/C16H13BrN2O4S/c1-19-13-5-3-2-4-12(13)14(20)15(24(19,22)23)16(21)18-11-8-6-10(17)7-9-11/h2-9,20H,1H3,(H,18,21). The maximum atomic E-state index is 12.6. The van der Waals surface area contributed by atoms with E-state index in [1.165, 1.54) is 7.05 Å². The fourth-order valence-corrected chi connectivity index (χ4v) is 4.00. The second-order valence-corrected chi connectivity index (χ2v) is 7.95. The summed E-state index contributed by atoms with van der Waals surface area (Å²) in [6, 6.07) is 13.1. The predicted molar refractivity (Wildman–Crippen MR) is 96.1 cm³/mol. The van der Waals surface area contributed by atoms with Crippen LogP contribution in [0.4, 0.5) is 11.4 Å². The van der Waals surface area contributed by atoms with Crippen molar-refractivity contribution in [1.29, 1.82) is 0 Å². The zero-order valence-corrected chi connectivity index (χ0v) is 14.9. The number of aliphatic hydroxyl groups is 1. The molecule has 0 saturated heterocycles. The molecule has 3 rings (SSSR count). The summed E-state index contributed by atoms with van der Waals surface area (Å²) in [7, 11) is -2.81. The third kappa shape index (κ3) is 2.67. The lowest BCUT2D eigenvalue weighted by molar-refractivity contribution is -0.112. The second-order valence-electron chi connectivity index (χ2n) is 5.13. The summed E-state index contributed by atoms with van der Waals surface area (Å²) < 4.78 is 27.0. The summed E-state index contributed by atoms with van der Waals surface area (Å²) >= 11 is 3.28. The van der Waals surface area contributed by atoms with Crippen LogP contribution < -0.4 is 9.62 Å². The number of aliphatic hydroxyl groups excluding tert-OH is 1. The molecule has 1 heterocycles. The van der Waals surface area contributed by atoms with Crippen LogP contribution in [-0.4, -0.2) is 26.5 Å². The van der Waals surface area contributed by atoms with E-state index in [1.54, 1.807) is 48.5 Å². The van der Waals surface area contributed by atoms with Crippen molar-refractivity contribution in [2.75, 3.05) is 16.7 Å². The van der Waals surface area contributed by atoms with Crippen molar-refractivity contribution in [3.63, 3.8) is 0 Å². The number of carbonyl (C=O) groups is 1. The number of nitrogens with zero attached hydrogens (tertiary/aromatic N) is 1. The van der Waals surface area contributed by atoms with E-state index >= 15 is 0 Å². The molecule has 0 radical (unpaired) electrons. The van der Waals surface area contributed by atoms with Gasteiger partial charge in [0.25, 0.3) is 15.9 Å². The smallest absolute Gasteiger partial charge is 0.273 e. The van der Waals surface area contributed by atoms with E-state index in [0.717, 1.165) is 8.78 Å². The van der Waals surface area contributed by atoms with Crippen molar-refractivity contribution in [3.8, 4) is 0 Å². The van der Waals surface area contributed by atoms with Crippen molar-refractivity contribution in [2.45, 2.75) is 0 Å². The molecule has 1 amide bonds. The molecule has 0 spiro atoms. The van der Waals surface area contributed by atoms with Gasteiger partial charge in [-0.1, -0.05) is 28.1 Å². The van der Waals surface area contributed by atoms with Gasteiger partial charge in [0.15, 0.2) is 10.7 Å². The number of carbonyl (C=O) groups excluding carboxylic acids is 1. The van der Waals surface area contributed by atoms with Gasteiger partial charge in [-0.05, 0) is 36.4 Å². The van der Waals surface area contributed by atoms with E-state index in [0.29, 0.717) is 11.4 Å². The van der Waals surface area contributed by atoms with Gasteiger partial charge in [0.05, 0.1) is 5.69 Å². The number of amides is 1. The second kappa shape index (κ2) is 5.95. The summed E-state index contributed by atoms with van der Waals surface area (Å²) in [6.07, 6.45) is 0. The topological polar surface area (TPSA) is 86.7 Å². The maximum absolute atomic E-state index is 12.6. The lowest BCUT2D eigenvalue weighted by Crippen LogP contribution is -2.37. The Morgan fingerprint density at radius 3 is 2.42 bits per heavy atom. The molecule has 0 unspecified atom stereocenters. The Labute approximate surface area is 147 Å². The lowest BCUT2D eigenvalue weighted by Gasteiger charge is -2.28. The molecule has 0 fully saturated rings. The number of hydrogen-bond acceptors (Lipinski definition) is 4. The molecule has 2 aromatic carbocycles. The Morgan fingerprint density at radius 1 is 1.12 bits per heavy atom. The van der Waals surface area contributed by atoms with E-state index in [4.69, 9.17) is 0 Å². The molecule has 6 nitrogen and oxygen atoms in total. The molecule has 2 aromatic rings. The van der Waals surface area contributed by atoms with Crippen LogP contribution in [0.1, 0.15) is 5.56 Å². The Hall–Kier alpha value is -2.32. The molecule has 2 N–H and O–H groups in total. The molecule has 24 heavy (non-hydrogen) atoms. The first-order chi connectivity index (χ1) is 11.3. The fraction of sp³-hybridized carbons (Fsp3) is 0.0625. The van der Waals surface area contributed by atoms with Crippen molar-refractivity contribution in [3.05, 3.63) is 63.5 Å². The van der Waals surface area contributed by atoms with E-state index in [2.05, 4.69) is 21.2 Å². The summed E-state index contributed by atoms with van der Waals surface area (Å²) in [5.41, 5.74) is 1.02. The molecular formula is C16H13BrN2O4S. The Kier molecular flexibility index (Phi) is 4.10. The highest BCUT2D eigenvalue weighted by Crippen LogP contribution is 2.37. The molecular weight excluding hydrogens is 396 g/mol.